The molecule has 0 unspecified atom stereocenters. The van der Waals surface area contributed by atoms with Gasteiger partial charge in [-0.15, -0.1) is 0 Å². The van der Waals surface area contributed by atoms with Gasteiger partial charge in [0.1, 0.15) is 0 Å². The molecule has 0 heterocycles. The van der Waals surface area contributed by atoms with Gasteiger partial charge in [0.05, 0.1) is 0 Å². The molecule has 0 aliphatic rings. The molecule has 0 atom stereocenters. The molecular weight excluding hydrogens is 372 g/mol. The first-order valence-corrected chi connectivity index (χ1v) is 11.3. The van der Waals surface area contributed by atoms with Gasteiger partial charge in [-0.2, -0.15) is 0 Å². The number of hydrogen-bond acceptors (Lipinski definition) is 0. The lowest BCUT2D eigenvalue weighted by molar-refractivity contribution is 0.275. The van der Waals surface area contributed by atoms with Crippen LogP contribution in [0.1, 0.15) is 33.4 Å². The average molecular weight is 405 g/mol. The van der Waals surface area contributed by atoms with Crippen LogP contribution in [-0.4, -0.2) is 0 Å². The molecule has 156 valence electrons. The summed E-state index contributed by atoms with van der Waals surface area (Å²) in [6, 6.07) is 40.3. The van der Waals surface area contributed by atoms with Gasteiger partial charge >= 0.3 is 0 Å². The summed E-state index contributed by atoms with van der Waals surface area (Å²) in [5.74, 6) is 0. The van der Waals surface area contributed by atoms with Crippen molar-refractivity contribution in [1.29, 1.82) is 0 Å². The maximum Gasteiger partial charge on any atom is -0.0136 e. The fraction of sp³-hybridized carbons (Fsp3) is 0.226. The fourth-order valence-corrected chi connectivity index (χ4v) is 4.71. The van der Waals surface area contributed by atoms with E-state index in [1.165, 1.54) is 33.4 Å². The van der Waals surface area contributed by atoms with Crippen LogP contribution in [0.4, 0.5) is 0 Å². The van der Waals surface area contributed by atoms with Crippen molar-refractivity contribution in [2.24, 2.45) is 5.41 Å². The first-order chi connectivity index (χ1) is 15.1. The molecule has 0 amide bonds. The van der Waals surface area contributed by atoms with Crippen molar-refractivity contribution in [3.63, 3.8) is 0 Å². The largest absolute Gasteiger partial charge is 0.0622 e. The van der Waals surface area contributed by atoms with Crippen LogP contribution in [0.25, 0.3) is 0 Å². The first kappa shape index (κ1) is 21.1. The minimum atomic E-state index is 0.104. The van der Waals surface area contributed by atoms with E-state index in [2.05, 4.69) is 123 Å². The van der Waals surface area contributed by atoms with E-state index in [0.29, 0.717) is 0 Å². The predicted molar refractivity (Wildman–Crippen MR) is 132 cm³/mol. The highest BCUT2D eigenvalue weighted by atomic mass is 14.4. The third kappa shape index (κ3) is 5.95. The zero-order valence-electron chi connectivity index (χ0n) is 18.7. The highest BCUT2D eigenvalue weighted by Crippen LogP contribution is 2.36. The van der Waals surface area contributed by atoms with E-state index in [4.69, 9.17) is 0 Å². The van der Waals surface area contributed by atoms with Crippen LogP contribution in [-0.2, 0) is 25.7 Å². The summed E-state index contributed by atoms with van der Waals surface area (Å²) in [6.07, 6.45) is 4.24. The van der Waals surface area contributed by atoms with Crippen LogP contribution in [0.5, 0.6) is 0 Å². The number of hydrogen-bond donors (Lipinski definition) is 0. The quantitative estimate of drug-likeness (QED) is 0.284. The minimum Gasteiger partial charge on any atom is -0.0622 e. The molecule has 4 aromatic rings. The Labute approximate surface area is 187 Å². The van der Waals surface area contributed by atoms with E-state index in [-0.39, 0.29) is 5.41 Å². The van der Waals surface area contributed by atoms with Crippen molar-refractivity contribution in [2.75, 3.05) is 0 Å². The van der Waals surface area contributed by atoms with Gasteiger partial charge in [-0.05, 0) is 67.2 Å². The molecule has 0 aliphatic heterocycles. The van der Waals surface area contributed by atoms with E-state index in [9.17, 15) is 0 Å². The van der Waals surface area contributed by atoms with Crippen LogP contribution >= 0.6 is 0 Å². The Hall–Kier alpha value is -3.12. The normalized spacial score (nSPS) is 11.4. The Bertz CT molecular complexity index is 967. The first-order valence-electron chi connectivity index (χ1n) is 11.3. The highest BCUT2D eigenvalue weighted by Gasteiger charge is 2.31. The standard InChI is InChI=1S/C31H32/c1-25-13-17-29(18-14-25)23-31(21-27-9-5-3-6-10-27,22-28-11-7-4-8-12-28)24-30-19-15-26(2)16-20-30/h3-20H,21-24H2,1-2H3. The third-order valence-electron chi connectivity index (χ3n) is 6.24. The van der Waals surface area contributed by atoms with Crippen LogP contribution in [0.15, 0.2) is 109 Å². The maximum absolute atomic E-state index is 2.31. The molecule has 4 rings (SSSR count). The van der Waals surface area contributed by atoms with E-state index in [0.717, 1.165) is 25.7 Å². The Balaban J connectivity index is 1.76. The smallest absolute Gasteiger partial charge is 0.0136 e. The molecule has 0 bridgehead atoms. The predicted octanol–water partition coefficient (Wildman–Crippen LogP) is 7.56. The van der Waals surface area contributed by atoms with Crippen LogP contribution < -0.4 is 0 Å². The van der Waals surface area contributed by atoms with Crippen molar-refractivity contribution in [2.45, 2.75) is 39.5 Å². The van der Waals surface area contributed by atoms with Crippen molar-refractivity contribution in [1.82, 2.24) is 0 Å². The van der Waals surface area contributed by atoms with E-state index < -0.39 is 0 Å². The van der Waals surface area contributed by atoms with Gasteiger partial charge in [0.25, 0.3) is 0 Å². The van der Waals surface area contributed by atoms with Gasteiger partial charge in [-0.1, -0.05) is 120 Å². The molecule has 0 spiro atoms. The van der Waals surface area contributed by atoms with E-state index in [1.54, 1.807) is 0 Å². The monoisotopic (exact) mass is 404 g/mol. The summed E-state index contributed by atoms with van der Waals surface area (Å²) in [7, 11) is 0. The lowest BCUT2D eigenvalue weighted by Crippen LogP contribution is -2.32. The summed E-state index contributed by atoms with van der Waals surface area (Å²) < 4.78 is 0. The number of rotatable bonds is 8. The average Bonchev–Trinajstić information content (AvgIpc) is 2.78. The lowest BCUT2D eigenvalue weighted by Gasteiger charge is -2.35. The number of aryl methyl sites for hydroxylation is 2. The summed E-state index contributed by atoms with van der Waals surface area (Å²) in [5.41, 5.74) is 8.41. The maximum atomic E-state index is 2.31. The van der Waals surface area contributed by atoms with Gasteiger partial charge in [-0.25, -0.2) is 0 Å². The Kier molecular flexibility index (Phi) is 6.67. The molecule has 0 fully saturated rings. The number of benzene rings is 4. The highest BCUT2D eigenvalue weighted by molar-refractivity contribution is 5.29. The van der Waals surface area contributed by atoms with Crippen molar-refractivity contribution in [3.05, 3.63) is 143 Å². The second-order valence-electron chi connectivity index (χ2n) is 9.15. The van der Waals surface area contributed by atoms with Gasteiger partial charge in [0.2, 0.25) is 0 Å². The second-order valence-corrected chi connectivity index (χ2v) is 9.15. The van der Waals surface area contributed by atoms with Gasteiger partial charge < -0.3 is 0 Å². The Morgan fingerprint density at radius 3 is 1.00 bits per heavy atom. The van der Waals surface area contributed by atoms with E-state index in [1.807, 2.05) is 0 Å². The molecule has 0 aliphatic carbocycles. The van der Waals surface area contributed by atoms with Crippen molar-refractivity contribution >= 4 is 0 Å². The summed E-state index contributed by atoms with van der Waals surface area (Å²) in [5, 5.41) is 0. The van der Waals surface area contributed by atoms with Crippen molar-refractivity contribution in [3.8, 4) is 0 Å². The van der Waals surface area contributed by atoms with Gasteiger partial charge in [0.15, 0.2) is 0 Å². The molecule has 0 N–H and O–H groups in total. The molecule has 31 heavy (non-hydrogen) atoms. The fourth-order valence-electron chi connectivity index (χ4n) is 4.71. The zero-order valence-corrected chi connectivity index (χ0v) is 18.7. The van der Waals surface area contributed by atoms with Crippen molar-refractivity contribution < 1.29 is 0 Å². The summed E-state index contributed by atoms with van der Waals surface area (Å²) in [6.45, 7) is 4.33. The molecule has 0 heteroatoms. The molecule has 0 aromatic heterocycles. The molecule has 0 saturated heterocycles. The topological polar surface area (TPSA) is 0 Å². The Morgan fingerprint density at radius 2 is 0.677 bits per heavy atom. The summed E-state index contributed by atoms with van der Waals surface area (Å²) >= 11 is 0. The van der Waals surface area contributed by atoms with Crippen LogP contribution in [0.3, 0.4) is 0 Å². The van der Waals surface area contributed by atoms with E-state index >= 15 is 0 Å². The van der Waals surface area contributed by atoms with Gasteiger partial charge in [-0.3, -0.25) is 0 Å². The lowest BCUT2D eigenvalue weighted by atomic mass is 9.68. The molecule has 0 radical (unpaired) electrons. The third-order valence-corrected chi connectivity index (χ3v) is 6.24. The Morgan fingerprint density at radius 1 is 0.387 bits per heavy atom. The van der Waals surface area contributed by atoms with Gasteiger partial charge in [0, 0.05) is 0 Å². The summed E-state index contributed by atoms with van der Waals surface area (Å²) in [4.78, 5) is 0. The molecule has 0 saturated carbocycles. The molecule has 4 aromatic carbocycles. The minimum absolute atomic E-state index is 0.104. The van der Waals surface area contributed by atoms with Crippen LogP contribution in [0.2, 0.25) is 0 Å². The van der Waals surface area contributed by atoms with Crippen LogP contribution in [0, 0.1) is 19.3 Å². The SMILES string of the molecule is Cc1ccc(CC(Cc2ccccc2)(Cc2ccccc2)Cc2ccc(C)cc2)cc1. The molecular formula is C31H32. The zero-order chi connectivity index (χ0) is 21.5. The molecule has 0 nitrogen and oxygen atoms in total. The second kappa shape index (κ2) is 9.79.